The van der Waals surface area contributed by atoms with Crippen LogP contribution < -0.4 is 4.52 Å². The number of fused-ring (bicyclic) bond motifs is 1. The van der Waals surface area contributed by atoms with Gasteiger partial charge in [-0.2, -0.15) is 0 Å². The molecule has 1 aliphatic rings. The van der Waals surface area contributed by atoms with Gasteiger partial charge in [0.1, 0.15) is 5.75 Å². The summed E-state index contributed by atoms with van der Waals surface area (Å²) < 4.78 is 18.8. The van der Waals surface area contributed by atoms with Crippen LogP contribution in [-0.4, -0.2) is 0 Å². The van der Waals surface area contributed by atoms with E-state index in [-0.39, 0.29) is 10.8 Å². The topological polar surface area (TPSA) is 26.3 Å². The second-order valence-electron chi connectivity index (χ2n) is 9.56. The predicted molar refractivity (Wildman–Crippen MR) is 120 cm³/mol. The maximum Gasteiger partial charge on any atom is 0.359 e. The fourth-order valence-corrected chi connectivity index (χ4v) is 5.83. The lowest BCUT2D eigenvalue weighted by atomic mass is 9.76. The molecule has 0 radical (unpaired) electrons. The van der Waals surface area contributed by atoms with E-state index in [4.69, 9.17) is 27.4 Å². The van der Waals surface area contributed by atoms with Crippen molar-refractivity contribution >= 4 is 35.1 Å². The molecule has 0 amide bonds. The summed E-state index contributed by atoms with van der Waals surface area (Å²) in [6, 6.07) is 1.97. The Balaban J connectivity index is 2.73. The zero-order valence-corrected chi connectivity index (χ0v) is 20.1. The maximum atomic E-state index is 12.9. The third-order valence-corrected chi connectivity index (χ3v) is 6.79. The van der Waals surface area contributed by atoms with Gasteiger partial charge in [-0.25, -0.2) is 0 Å². The molecule has 0 saturated carbocycles. The largest absolute Gasteiger partial charge is 0.429 e. The molecule has 1 unspecified atom stereocenters. The van der Waals surface area contributed by atoms with Crippen molar-refractivity contribution < 1.29 is 9.09 Å². The minimum absolute atomic E-state index is 0.170. The van der Waals surface area contributed by atoms with Gasteiger partial charge in [-0.3, -0.25) is 4.57 Å². The molecule has 0 bridgehead atoms. The number of unbranched alkanes of at least 4 members (excludes halogenated alkanes) is 3. The Kier molecular flexibility index (Phi) is 6.88. The first-order chi connectivity index (χ1) is 12.3. The van der Waals surface area contributed by atoms with Crippen molar-refractivity contribution in [2.75, 3.05) is 0 Å². The first-order valence-electron chi connectivity index (χ1n) is 9.86. The van der Waals surface area contributed by atoms with E-state index in [9.17, 15) is 4.57 Å². The number of rotatable bonds is 5. The fraction of sp³-hybridized carbons (Fsp3) is 0.636. The Morgan fingerprint density at radius 1 is 1.04 bits per heavy atom. The average molecular weight is 431 g/mol. The van der Waals surface area contributed by atoms with E-state index in [0.717, 1.165) is 46.5 Å². The lowest BCUT2D eigenvalue weighted by Gasteiger charge is -2.35. The van der Waals surface area contributed by atoms with Gasteiger partial charge in [0.25, 0.3) is 0 Å². The normalized spacial score (nSPS) is 20.1. The van der Waals surface area contributed by atoms with Crippen LogP contribution in [0.2, 0.25) is 5.02 Å². The van der Waals surface area contributed by atoms with Crippen LogP contribution in [0.15, 0.2) is 11.9 Å². The van der Waals surface area contributed by atoms with Crippen LogP contribution in [0.4, 0.5) is 0 Å². The van der Waals surface area contributed by atoms with E-state index in [2.05, 4.69) is 48.5 Å². The number of benzene rings is 1. The van der Waals surface area contributed by atoms with Crippen molar-refractivity contribution in [3.8, 4) is 5.75 Å². The lowest BCUT2D eigenvalue weighted by molar-refractivity contribution is 0.480. The van der Waals surface area contributed by atoms with Gasteiger partial charge in [0, 0.05) is 22.0 Å². The minimum atomic E-state index is -3.35. The van der Waals surface area contributed by atoms with Crippen LogP contribution >= 0.6 is 29.6 Å². The summed E-state index contributed by atoms with van der Waals surface area (Å²) in [4.78, 5) is 0. The van der Waals surface area contributed by atoms with Gasteiger partial charge in [-0.1, -0.05) is 79.3 Å². The summed E-state index contributed by atoms with van der Waals surface area (Å²) in [6.07, 6.45) is 5.40. The Bertz CT molecular complexity index is 783. The number of hydrogen-bond acceptors (Lipinski definition) is 2. The third kappa shape index (κ3) is 5.34. The van der Waals surface area contributed by atoms with Gasteiger partial charge in [-0.05, 0) is 52.1 Å². The summed E-state index contributed by atoms with van der Waals surface area (Å²) >= 11 is 13.1. The van der Waals surface area contributed by atoms with E-state index in [0.29, 0.717) is 5.75 Å². The summed E-state index contributed by atoms with van der Waals surface area (Å²) in [5.41, 5.74) is 3.65. The number of hydrogen-bond donors (Lipinski definition) is 0. The van der Waals surface area contributed by atoms with E-state index in [1.54, 1.807) is 5.82 Å². The summed E-state index contributed by atoms with van der Waals surface area (Å²) in [5.74, 6) is 2.31. The van der Waals surface area contributed by atoms with Crippen molar-refractivity contribution in [1.82, 2.24) is 0 Å². The quantitative estimate of drug-likeness (QED) is 0.343. The first kappa shape index (κ1) is 22.9. The Hall–Kier alpha value is -0.430. The Labute approximate surface area is 174 Å². The second-order valence-corrected chi connectivity index (χ2v) is 12.9. The molecule has 1 aromatic rings. The third-order valence-electron chi connectivity index (χ3n) is 4.94. The van der Waals surface area contributed by atoms with Gasteiger partial charge >= 0.3 is 6.72 Å². The Morgan fingerprint density at radius 3 is 2.19 bits per heavy atom. The van der Waals surface area contributed by atoms with Gasteiger partial charge in [0.2, 0.25) is 0 Å². The number of allylic oxidation sites excluding steroid dienone is 1. The highest BCUT2D eigenvalue weighted by atomic mass is 35.7. The highest BCUT2D eigenvalue weighted by molar-refractivity contribution is 7.88. The molecule has 27 heavy (non-hydrogen) atoms. The monoisotopic (exact) mass is 430 g/mol. The zero-order chi connectivity index (χ0) is 20.6. The second kappa shape index (κ2) is 8.13. The summed E-state index contributed by atoms with van der Waals surface area (Å²) in [5, 5.41) is 0.737. The van der Waals surface area contributed by atoms with Crippen molar-refractivity contribution in [3.63, 3.8) is 0 Å². The van der Waals surface area contributed by atoms with E-state index in [1.165, 1.54) is 12.8 Å². The van der Waals surface area contributed by atoms with Crippen LogP contribution in [0.5, 0.6) is 5.75 Å². The molecule has 2 nitrogen and oxygen atoms in total. The Morgan fingerprint density at radius 2 is 1.67 bits per heavy atom. The smallest absolute Gasteiger partial charge is 0.359 e. The number of halogens is 2. The molecule has 2 rings (SSSR count). The van der Waals surface area contributed by atoms with Gasteiger partial charge in [0.15, 0.2) is 0 Å². The van der Waals surface area contributed by atoms with Crippen LogP contribution in [0.25, 0.3) is 5.57 Å². The predicted octanol–water partition coefficient (Wildman–Crippen LogP) is 9.07. The fourth-order valence-electron chi connectivity index (χ4n) is 3.66. The van der Waals surface area contributed by atoms with Crippen molar-refractivity contribution in [2.45, 2.75) is 91.4 Å². The van der Waals surface area contributed by atoms with Crippen LogP contribution in [0.3, 0.4) is 0 Å². The van der Waals surface area contributed by atoms with E-state index in [1.807, 2.05) is 6.07 Å². The van der Waals surface area contributed by atoms with Crippen LogP contribution in [0, 0.1) is 0 Å². The molecule has 5 heteroatoms. The highest BCUT2D eigenvalue weighted by Gasteiger charge is 2.37. The molecule has 0 saturated heterocycles. The standard InChI is InChI=1S/C22H33Cl2O2P/c1-8-9-10-11-12-15-14-27(24,25)26-20-16(21(2,3)4)13-17(23)19(18(15)20)22(5,6)7/h13-14H,8-12H2,1-7H3. The lowest BCUT2D eigenvalue weighted by Crippen LogP contribution is -2.21. The molecule has 1 aromatic carbocycles. The van der Waals surface area contributed by atoms with Crippen molar-refractivity contribution in [1.29, 1.82) is 0 Å². The van der Waals surface area contributed by atoms with Crippen LogP contribution in [-0.2, 0) is 15.4 Å². The van der Waals surface area contributed by atoms with Crippen LogP contribution in [0.1, 0.15) is 97.3 Å². The van der Waals surface area contributed by atoms with Gasteiger partial charge < -0.3 is 4.52 Å². The molecular formula is C22H33Cl2O2P. The molecule has 1 atom stereocenters. The average Bonchev–Trinajstić information content (AvgIpc) is 2.48. The molecule has 152 valence electrons. The molecule has 0 fully saturated rings. The molecule has 0 spiro atoms. The van der Waals surface area contributed by atoms with Crippen molar-refractivity contribution in [2.24, 2.45) is 0 Å². The molecular weight excluding hydrogens is 398 g/mol. The summed E-state index contributed by atoms with van der Waals surface area (Å²) in [7, 11) is 0. The minimum Gasteiger partial charge on any atom is -0.429 e. The highest BCUT2D eigenvalue weighted by Crippen LogP contribution is 2.63. The zero-order valence-electron chi connectivity index (χ0n) is 17.7. The molecule has 0 aliphatic carbocycles. The van der Waals surface area contributed by atoms with E-state index < -0.39 is 6.72 Å². The maximum absolute atomic E-state index is 12.9. The van der Waals surface area contributed by atoms with Gasteiger partial charge in [0.05, 0.1) is 0 Å². The van der Waals surface area contributed by atoms with Gasteiger partial charge in [-0.15, -0.1) is 0 Å². The first-order valence-corrected chi connectivity index (χ1v) is 12.8. The molecule has 0 N–H and O–H groups in total. The SMILES string of the molecule is CCCCCCC1=CP(=O)(Cl)Oc2c(C(C)(C)C)cc(Cl)c(C(C)(C)C)c21. The van der Waals surface area contributed by atoms with E-state index >= 15 is 0 Å². The van der Waals surface area contributed by atoms with Crippen molar-refractivity contribution in [3.05, 3.63) is 33.6 Å². The molecule has 1 aliphatic heterocycles. The summed E-state index contributed by atoms with van der Waals surface area (Å²) in [6.45, 7) is 11.6. The molecule has 0 aromatic heterocycles. The molecule has 1 heterocycles.